The molecule has 1 aromatic rings. The van der Waals surface area contributed by atoms with Gasteiger partial charge in [0.1, 0.15) is 11.8 Å². The Hall–Kier alpha value is -1.99. The van der Waals surface area contributed by atoms with Gasteiger partial charge in [-0.15, -0.1) is 0 Å². The first-order valence-corrected chi connectivity index (χ1v) is 11.0. The number of methoxy groups -OCH3 is 2. The Labute approximate surface area is 187 Å². The lowest BCUT2D eigenvalue weighted by molar-refractivity contribution is 0.0329. The molecule has 0 heterocycles. The number of carbonyl (C=O) groups is 1. The number of benzene rings is 1. The zero-order valence-electron chi connectivity index (χ0n) is 20.2. The number of hydrogen-bond acceptors (Lipinski definition) is 6. The molecule has 0 saturated heterocycles. The summed E-state index contributed by atoms with van der Waals surface area (Å²) in [6.07, 6.45) is 1.33. The molecule has 0 radical (unpaired) electrons. The maximum Gasteiger partial charge on any atom is 0.409 e. The summed E-state index contributed by atoms with van der Waals surface area (Å²) in [5.74, 6) is 2.19. The van der Waals surface area contributed by atoms with Gasteiger partial charge in [0.15, 0.2) is 11.5 Å². The lowest BCUT2D eigenvalue weighted by Crippen LogP contribution is -2.39. The normalized spacial score (nSPS) is 13.6. The number of amides is 1. The molecule has 1 aromatic carbocycles. The molecule has 1 unspecified atom stereocenters. The average molecular weight is 440 g/mol. The highest BCUT2D eigenvalue weighted by molar-refractivity contribution is 5.67. The van der Waals surface area contributed by atoms with E-state index in [0.717, 1.165) is 30.6 Å². The quantitative estimate of drug-likeness (QED) is 0.346. The van der Waals surface area contributed by atoms with Crippen LogP contribution in [0.3, 0.4) is 0 Å². The molecule has 0 aliphatic rings. The molecule has 2 N–H and O–H groups in total. The number of aliphatic hydroxyl groups is 1. The van der Waals surface area contributed by atoms with E-state index < -0.39 is 17.9 Å². The molecule has 31 heavy (non-hydrogen) atoms. The van der Waals surface area contributed by atoms with Crippen LogP contribution in [-0.2, 0) is 15.9 Å². The van der Waals surface area contributed by atoms with Gasteiger partial charge >= 0.3 is 6.09 Å². The van der Waals surface area contributed by atoms with Gasteiger partial charge < -0.3 is 24.1 Å². The van der Waals surface area contributed by atoms with Crippen molar-refractivity contribution in [2.45, 2.75) is 72.1 Å². The summed E-state index contributed by atoms with van der Waals surface area (Å²) in [7, 11) is 3.31. The Balaban J connectivity index is 2.68. The zero-order chi connectivity index (χ0) is 23.4. The molecule has 0 aromatic heterocycles. The Morgan fingerprint density at radius 1 is 1.10 bits per heavy atom. The van der Waals surface area contributed by atoms with E-state index in [9.17, 15) is 9.90 Å². The average Bonchev–Trinajstić information content (AvgIpc) is 2.66. The maximum absolute atomic E-state index is 11.8. The second kappa shape index (κ2) is 13.4. The number of ether oxygens (including phenoxy) is 4. The van der Waals surface area contributed by atoms with E-state index in [-0.39, 0.29) is 0 Å². The van der Waals surface area contributed by atoms with Gasteiger partial charge in [0.25, 0.3) is 0 Å². The third-order valence-corrected chi connectivity index (χ3v) is 4.91. The van der Waals surface area contributed by atoms with Crippen LogP contribution in [0.25, 0.3) is 0 Å². The molecule has 2 atom stereocenters. The Kier molecular flexibility index (Phi) is 11.7. The van der Waals surface area contributed by atoms with Crippen molar-refractivity contribution in [1.82, 2.24) is 5.32 Å². The minimum Gasteiger partial charge on any atom is -0.493 e. The van der Waals surface area contributed by atoms with Crippen LogP contribution >= 0.6 is 0 Å². The van der Waals surface area contributed by atoms with Crippen LogP contribution in [0, 0.1) is 11.8 Å². The summed E-state index contributed by atoms with van der Waals surface area (Å²) in [5.41, 5.74) is 0.554. The van der Waals surface area contributed by atoms with Gasteiger partial charge in [-0.2, -0.15) is 0 Å². The topological polar surface area (TPSA) is 86.2 Å². The minimum atomic E-state index is -0.938. The highest BCUT2D eigenvalue weighted by Crippen LogP contribution is 2.31. The van der Waals surface area contributed by atoms with Crippen molar-refractivity contribution in [3.63, 3.8) is 0 Å². The molecule has 1 rings (SSSR count). The van der Waals surface area contributed by atoms with Gasteiger partial charge in [-0.25, -0.2) is 4.79 Å². The SMILES string of the molecule is COCCCOc1cc(C[C@H](CCC(O)NC(=O)OC(C)(C)C)C(C)C)ccc1OC. The molecule has 0 aliphatic heterocycles. The van der Waals surface area contributed by atoms with Crippen molar-refractivity contribution >= 4 is 6.09 Å². The van der Waals surface area contributed by atoms with E-state index in [1.807, 2.05) is 18.2 Å². The van der Waals surface area contributed by atoms with Crippen LogP contribution in [0.2, 0.25) is 0 Å². The summed E-state index contributed by atoms with van der Waals surface area (Å²) in [5, 5.41) is 12.7. The van der Waals surface area contributed by atoms with Gasteiger partial charge in [0.2, 0.25) is 0 Å². The smallest absolute Gasteiger partial charge is 0.409 e. The molecule has 0 saturated carbocycles. The van der Waals surface area contributed by atoms with Crippen LogP contribution in [0.15, 0.2) is 18.2 Å². The van der Waals surface area contributed by atoms with Crippen molar-refractivity contribution in [3.8, 4) is 11.5 Å². The molecule has 0 fully saturated rings. The monoisotopic (exact) mass is 439 g/mol. The minimum absolute atomic E-state index is 0.338. The first kappa shape index (κ1) is 27.0. The summed E-state index contributed by atoms with van der Waals surface area (Å²) in [6.45, 7) is 10.9. The van der Waals surface area contributed by atoms with Gasteiger partial charge in [-0.3, -0.25) is 5.32 Å². The van der Waals surface area contributed by atoms with Gasteiger partial charge in [-0.1, -0.05) is 19.9 Å². The third kappa shape index (κ3) is 11.3. The molecule has 1 amide bonds. The van der Waals surface area contributed by atoms with Crippen molar-refractivity contribution < 1.29 is 28.8 Å². The maximum atomic E-state index is 11.8. The Bertz CT molecular complexity index is 656. The van der Waals surface area contributed by atoms with Crippen LogP contribution in [0.4, 0.5) is 4.79 Å². The number of alkyl carbamates (subject to hydrolysis) is 1. The molecular formula is C24H41NO6. The summed E-state index contributed by atoms with van der Waals surface area (Å²) in [6, 6.07) is 6.00. The fourth-order valence-corrected chi connectivity index (χ4v) is 3.21. The second-order valence-electron chi connectivity index (χ2n) is 9.13. The fraction of sp³-hybridized carbons (Fsp3) is 0.708. The zero-order valence-corrected chi connectivity index (χ0v) is 20.2. The summed E-state index contributed by atoms with van der Waals surface area (Å²) in [4.78, 5) is 11.8. The summed E-state index contributed by atoms with van der Waals surface area (Å²) < 4.78 is 21.6. The lowest BCUT2D eigenvalue weighted by atomic mass is 9.85. The van der Waals surface area contributed by atoms with Crippen LogP contribution in [-0.4, -0.2) is 50.5 Å². The van der Waals surface area contributed by atoms with E-state index in [1.165, 1.54) is 0 Å². The number of nitrogens with one attached hydrogen (secondary N) is 1. The molecule has 0 spiro atoms. The molecule has 178 valence electrons. The number of rotatable bonds is 13. The van der Waals surface area contributed by atoms with Crippen LogP contribution in [0.1, 0.15) is 59.4 Å². The number of aliphatic hydroxyl groups excluding tert-OH is 1. The first-order valence-electron chi connectivity index (χ1n) is 11.0. The largest absolute Gasteiger partial charge is 0.493 e. The molecular weight excluding hydrogens is 398 g/mol. The highest BCUT2D eigenvalue weighted by atomic mass is 16.6. The van der Waals surface area contributed by atoms with Crippen LogP contribution < -0.4 is 14.8 Å². The highest BCUT2D eigenvalue weighted by Gasteiger charge is 2.21. The Morgan fingerprint density at radius 2 is 1.81 bits per heavy atom. The van der Waals surface area contributed by atoms with Crippen LogP contribution in [0.5, 0.6) is 11.5 Å². The summed E-state index contributed by atoms with van der Waals surface area (Å²) >= 11 is 0. The third-order valence-electron chi connectivity index (χ3n) is 4.91. The lowest BCUT2D eigenvalue weighted by Gasteiger charge is -2.24. The van der Waals surface area contributed by atoms with Gasteiger partial charge in [0.05, 0.1) is 13.7 Å². The first-order chi connectivity index (χ1) is 14.6. The van der Waals surface area contributed by atoms with E-state index in [0.29, 0.717) is 37.2 Å². The molecule has 7 nitrogen and oxygen atoms in total. The molecule has 7 heteroatoms. The van der Waals surface area contributed by atoms with Crippen molar-refractivity contribution in [3.05, 3.63) is 23.8 Å². The standard InChI is InChI=1S/C24H41NO6/c1-17(2)19(10-12-22(26)25-23(27)31-24(3,4)5)15-18-9-11-20(29-7)21(16-18)30-14-8-13-28-6/h9,11,16-17,19,22,26H,8,10,12-15H2,1-7H3,(H,25,27)/t19-,22?/m0/s1. The predicted molar refractivity (Wildman–Crippen MR) is 122 cm³/mol. The van der Waals surface area contributed by atoms with Gasteiger partial charge in [0, 0.05) is 20.1 Å². The van der Waals surface area contributed by atoms with E-state index in [2.05, 4.69) is 19.2 Å². The fourth-order valence-electron chi connectivity index (χ4n) is 3.21. The number of carbonyl (C=O) groups excluding carboxylic acids is 1. The predicted octanol–water partition coefficient (Wildman–Crippen LogP) is 4.55. The molecule has 0 bridgehead atoms. The Morgan fingerprint density at radius 3 is 2.39 bits per heavy atom. The van der Waals surface area contributed by atoms with Gasteiger partial charge in [-0.05, 0) is 69.6 Å². The molecule has 0 aliphatic carbocycles. The second-order valence-corrected chi connectivity index (χ2v) is 9.13. The van der Waals surface area contributed by atoms with Crippen molar-refractivity contribution in [2.75, 3.05) is 27.4 Å². The van der Waals surface area contributed by atoms with E-state index in [1.54, 1.807) is 35.0 Å². The van der Waals surface area contributed by atoms with Crippen molar-refractivity contribution in [2.24, 2.45) is 11.8 Å². The number of hydrogen-bond donors (Lipinski definition) is 2. The van der Waals surface area contributed by atoms with E-state index in [4.69, 9.17) is 18.9 Å². The van der Waals surface area contributed by atoms with Crippen molar-refractivity contribution in [1.29, 1.82) is 0 Å². The van der Waals surface area contributed by atoms with E-state index >= 15 is 0 Å².